The Morgan fingerprint density at radius 3 is 2.30 bits per heavy atom. The van der Waals surface area contributed by atoms with E-state index in [0.29, 0.717) is 12.2 Å². The summed E-state index contributed by atoms with van der Waals surface area (Å²) in [6.07, 6.45) is 4.15. The lowest BCUT2D eigenvalue weighted by Crippen LogP contribution is -2.67. The predicted molar refractivity (Wildman–Crippen MR) is 170 cm³/mol. The molecule has 2 aromatic carbocycles. The number of hydrogen-bond acceptors (Lipinski definition) is 6. The van der Waals surface area contributed by atoms with Crippen LogP contribution in [0.25, 0.3) is 11.0 Å². The van der Waals surface area contributed by atoms with Gasteiger partial charge in [0.15, 0.2) is 5.82 Å². The van der Waals surface area contributed by atoms with Crippen LogP contribution in [0.3, 0.4) is 0 Å². The van der Waals surface area contributed by atoms with Crippen molar-refractivity contribution >= 4 is 64.5 Å². The van der Waals surface area contributed by atoms with Gasteiger partial charge in [-0.15, -0.1) is 0 Å². The molecule has 0 unspecified atom stereocenters. The van der Waals surface area contributed by atoms with Gasteiger partial charge in [-0.05, 0) is 38.0 Å². The van der Waals surface area contributed by atoms with Crippen molar-refractivity contribution in [2.45, 2.75) is 50.7 Å². The number of halogens is 1. The molecule has 1 N–H and O–H groups in total. The van der Waals surface area contributed by atoms with E-state index in [1.165, 1.54) is 16.7 Å². The van der Waals surface area contributed by atoms with Crippen molar-refractivity contribution in [2.75, 3.05) is 20.7 Å². The first-order valence-electron chi connectivity index (χ1n) is 13.4. The first kappa shape index (κ1) is 28.9. The van der Waals surface area contributed by atoms with E-state index in [1.54, 1.807) is 6.34 Å². The molecule has 0 spiro atoms. The second kappa shape index (κ2) is 11.7. The Labute approximate surface area is 250 Å². The molecular weight excluding hydrogens is 633 g/mol. The van der Waals surface area contributed by atoms with Crippen LogP contribution in [0.4, 0.5) is 5.82 Å². The third-order valence-corrected chi connectivity index (χ3v) is 13.2. The quantitative estimate of drug-likeness (QED) is 0.129. The van der Waals surface area contributed by atoms with E-state index in [0.717, 1.165) is 14.6 Å². The van der Waals surface area contributed by atoms with Crippen LogP contribution in [-0.4, -0.2) is 72.1 Å². The van der Waals surface area contributed by atoms with Gasteiger partial charge in [0.1, 0.15) is 24.3 Å². The monoisotopic (exact) mass is 669 g/mol. The largest absolute Gasteiger partial charge is 0.405 e. The van der Waals surface area contributed by atoms with Crippen molar-refractivity contribution in [3.63, 3.8) is 0 Å². The van der Waals surface area contributed by atoms with Crippen LogP contribution in [0.2, 0.25) is 5.04 Å². The normalized spacial score (nSPS) is 20.0. The van der Waals surface area contributed by atoms with E-state index in [1.807, 2.05) is 41.9 Å². The zero-order valence-electron chi connectivity index (χ0n) is 23.5. The molecule has 210 valence electrons. The molecular formula is C30H36IN5O3Si. The first-order chi connectivity index (χ1) is 19.1. The Hall–Kier alpha value is -2.64. The molecule has 3 heterocycles. The lowest BCUT2D eigenvalue weighted by molar-refractivity contribution is -0.0397. The van der Waals surface area contributed by atoms with E-state index in [-0.39, 0.29) is 17.9 Å². The Kier molecular flexibility index (Phi) is 8.44. The number of aliphatic hydroxyl groups excluding tert-OH is 1. The topological polar surface area (TPSA) is 85.0 Å². The molecule has 1 aliphatic rings. The van der Waals surface area contributed by atoms with Gasteiger partial charge >= 0.3 is 0 Å². The SMILES string of the molecule is CN(C)/C=N/c1ncnc2c1c(I)cn2[C@H]1C[C@@H](O)[C@@H](CO[Si](c2ccccc2)(c2ccccc2)C(C)(C)C)O1. The summed E-state index contributed by atoms with van der Waals surface area (Å²) in [5.41, 5.74) is 0.732. The minimum absolute atomic E-state index is 0.161. The third-order valence-electron chi connectivity index (χ3n) is 7.35. The molecule has 0 amide bonds. The fraction of sp³-hybridized carbons (Fsp3) is 0.367. The van der Waals surface area contributed by atoms with E-state index in [9.17, 15) is 5.11 Å². The predicted octanol–water partition coefficient (Wildman–Crippen LogP) is 4.48. The molecule has 1 aliphatic heterocycles. The fourth-order valence-corrected chi connectivity index (χ4v) is 10.9. The van der Waals surface area contributed by atoms with Gasteiger partial charge in [0, 0.05) is 30.3 Å². The maximum absolute atomic E-state index is 11.2. The number of hydrogen-bond donors (Lipinski definition) is 1. The zero-order chi connectivity index (χ0) is 28.5. The summed E-state index contributed by atoms with van der Waals surface area (Å²) in [7, 11) is 1.08. The summed E-state index contributed by atoms with van der Waals surface area (Å²) < 4.78 is 16.5. The third kappa shape index (κ3) is 5.47. The summed E-state index contributed by atoms with van der Waals surface area (Å²) in [5, 5.41) is 14.3. The molecule has 2 aromatic heterocycles. The number of benzene rings is 2. The molecule has 4 aromatic rings. The highest BCUT2D eigenvalue weighted by Crippen LogP contribution is 2.39. The maximum atomic E-state index is 11.2. The fourth-order valence-electron chi connectivity index (χ4n) is 5.52. The molecule has 1 saturated heterocycles. The molecule has 0 saturated carbocycles. The maximum Gasteiger partial charge on any atom is 0.261 e. The molecule has 40 heavy (non-hydrogen) atoms. The summed E-state index contributed by atoms with van der Waals surface area (Å²) in [4.78, 5) is 15.3. The van der Waals surface area contributed by atoms with E-state index >= 15 is 0 Å². The van der Waals surface area contributed by atoms with Crippen molar-refractivity contribution in [2.24, 2.45) is 4.99 Å². The molecule has 0 aliphatic carbocycles. The minimum Gasteiger partial charge on any atom is -0.405 e. The van der Waals surface area contributed by atoms with Crippen molar-refractivity contribution in [3.05, 3.63) is 76.8 Å². The summed E-state index contributed by atoms with van der Waals surface area (Å²) in [6, 6.07) is 21.0. The summed E-state index contributed by atoms with van der Waals surface area (Å²) in [6.45, 7) is 7.03. The van der Waals surface area contributed by atoms with Gasteiger partial charge in [-0.25, -0.2) is 15.0 Å². The Bertz CT molecular complexity index is 1430. The number of aliphatic imine (C=N–C) groups is 1. The number of nitrogens with zero attached hydrogens (tertiary/aromatic N) is 5. The zero-order valence-corrected chi connectivity index (χ0v) is 26.7. The van der Waals surface area contributed by atoms with Gasteiger partial charge in [-0.1, -0.05) is 81.4 Å². The van der Waals surface area contributed by atoms with Gasteiger partial charge < -0.3 is 23.7 Å². The standard InChI is InChI=1S/C30H36IN5O3Si/c1-30(2,3)40(21-12-8-6-9-13-21,22-14-10-7-11-15-22)38-18-25-24(37)16-26(39-25)36-17-23(31)27-28(34-20-35(4)5)32-19-33-29(27)36/h6-15,17,19-20,24-26,37H,16,18H2,1-5H3/b34-20+/t24-,25-,26-/m1/s1. The van der Waals surface area contributed by atoms with Gasteiger partial charge in [0.2, 0.25) is 0 Å². The van der Waals surface area contributed by atoms with Crippen LogP contribution in [0, 0.1) is 3.57 Å². The second-order valence-electron chi connectivity index (χ2n) is 11.4. The Morgan fingerprint density at radius 1 is 1.10 bits per heavy atom. The van der Waals surface area contributed by atoms with Crippen molar-refractivity contribution in [1.82, 2.24) is 19.4 Å². The van der Waals surface area contributed by atoms with Crippen molar-refractivity contribution in [3.8, 4) is 0 Å². The number of ether oxygens (including phenoxy) is 1. The molecule has 0 radical (unpaired) electrons. The molecule has 8 nitrogen and oxygen atoms in total. The Balaban J connectivity index is 1.44. The minimum atomic E-state index is -2.75. The number of aliphatic hydroxyl groups is 1. The Morgan fingerprint density at radius 2 is 1.73 bits per heavy atom. The van der Waals surface area contributed by atoms with E-state index in [4.69, 9.17) is 9.16 Å². The number of rotatable bonds is 8. The molecule has 1 fully saturated rings. The van der Waals surface area contributed by atoms with Gasteiger partial charge in [0.25, 0.3) is 8.32 Å². The van der Waals surface area contributed by atoms with Crippen LogP contribution in [0.1, 0.15) is 33.4 Å². The molecule has 0 bridgehead atoms. The van der Waals surface area contributed by atoms with E-state index < -0.39 is 20.5 Å². The average Bonchev–Trinajstić information content (AvgIpc) is 3.47. The van der Waals surface area contributed by atoms with Crippen molar-refractivity contribution < 1.29 is 14.3 Å². The smallest absolute Gasteiger partial charge is 0.261 e. The first-order valence-corrected chi connectivity index (χ1v) is 16.4. The van der Waals surface area contributed by atoms with E-state index in [2.05, 4.69) is 107 Å². The average molecular weight is 670 g/mol. The number of fused-ring (bicyclic) bond motifs is 1. The molecule has 10 heteroatoms. The lowest BCUT2D eigenvalue weighted by Gasteiger charge is -2.43. The highest BCUT2D eigenvalue weighted by molar-refractivity contribution is 14.1. The highest BCUT2D eigenvalue weighted by Gasteiger charge is 2.51. The van der Waals surface area contributed by atoms with Crippen LogP contribution in [0.5, 0.6) is 0 Å². The van der Waals surface area contributed by atoms with Crippen LogP contribution in [-0.2, 0) is 9.16 Å². The highest BCUT2D eigenvalue weighted by atomic mass is 127. The lowest BCUT2D eigenvalue weighted by atomic mass is 10.2. The molecule has 5 rings (SSSR count). The van der Waals surface area contributed by atoms with Gasteiger partial charge in [-0.3, -0.25) is 0 Å². The molecule has 3 atom stereocenters. The number of aromatic nitrogens is 3. The van der Waals surface area contributed by atoms with Crippen molar-refractivity contribution in [1.29, 1.82) is 0 Å². The summed E-state index contributed by atoms with van der Waals surface area (Å²) in [5.74, 6) is 0.604. The van der Waals surface area contributed by atoms with Gasteiger partial charge in [-0.2, -0.15) is 0 Å². The van der Waals surface area contributed by atoms with Gasteiger partial charge in [0.05, 0.1) is 24.4 Å². The van der Waals surface area contributed by atoms with Crippen LogP contribution < -0.4 is 10.4 Å². The summed E-state index contributed by atoms with van der Waals surface area (Å²) >= 11 is 2.28. The van der Waals surface area contributed by atoms with Crippen LogP contribution >= 0.6 is 22.6 Å². The second-order valence-corrected chi connectivity index (χ2v) is 16.9. The van der Waals surface area contributed by atoms with Crippen LogP contribution in [0.15, 0.2) is 78.2 Å².